The van der Waals surface area contributed by atoms with Crippen LogP contribution in [0.3, 0.4) is 0 Å². The van der Waals surface area contributed by atoms with Crippen molar-refractivity contribution >= 4 is 0 Å². The molecule has 0 radical (unpaired) electrons. The zero-order valence-electron chi connectivity index (χ0n) is 9.87. The second-order valence-electron chi connectivity index (χ2n) is 4.92. The highest BCUT2D eigenvalue weighted by Gasteiger charge is 2.23. The summed E-state index contributed by atoms with van der Waals surface area (Å²) in [5.41, 5.74) is 0. The SMILES string of the molecule is CCCN1CCC(CNC2CCOC2)C1. The topological polar surface area (TPSA) is 24.5 Å². The highest BCUT2D eigenvalue weighted by Crippen LogP contribution is 2.16. The first-order valence-electron chi connectivity index (χ1n) is 6.42. The van der Waals surface area contributed by atoms with Gasteiger partial charge in [-0.2, -0.15) is 0 Å². The largest absolute Gasteiger partial charge is 0.380 e. The van der Waals surface area contributed by atoms with Crippen LogP contribution in [0.4, 0.5) is 0 Å². The molecular formula is C12H24N2O. The van der Waals surface area contributed by atoms with Gasteiger partial charge in [0.15, 0.2) is 0 Å². The average molecular weight is 212 g/mol. The molecule has 0 aromatic carbocycles. The Morgan fingerprint density at radius 1 is 1.40 bits per heavy atom. The van der Waals surface area contributed by atoms with E-state index < -0.39 is 0 Å². The van der Waals surface area contributed by atoms with E-state index in [1.807, 2.05) is 0 Å². The van der Waals surface area contributed by atoms with Crippen molar-refractivity contribution in [2.75, 3.05) is 39.4 Å². The molecule has 3 nitrogen and oxygen atoms in total. The van der Waals surface area contributed by atoms with Crippen molar-refractivity contribution in [3.8, 4) is 0 Å². The lowest BCUT2D eigenvalue weighted by molar-refractivity contribution is 0.189. The molecule has 1 N–H and O–H groups in total. The van der Waals surface area contributed by atoms with Crippen LogP contribution in [-0.2, 0) is 4.74 Å². The minimum Gasteiger partial charge on any atom is -0.380 e. The van der Waals surface area contributed by atoms with Gasteiger partial charge in [0, 0.05) is 19.2 Å². The predicted molar refractivity (Wildman–Crippen MR) is 62.1 cm³/mol. The molecule has 0 bridgehead atoms. The molecule has 0 aromatic heterocycles. The Balaban J connectivity index is 1.59. The molecule has 88 valence electrons. The second-order valence-corrected chi connectivity index (χ2v) is 4.92. The standard InChI is InChI=1S/C12H24N2O/c1-2-5-14-6-3-11(9-14)8-13-12-4-7-15-10-12/h11-13H,2-10H2,1H3. The summed E-state index contributed by atoms with van der Waals surface area (Å²) >= 11 is 0. The van der Waals surface area contributed by atoms with Crippen molar-refractivity contribution in [3.05, 3.63) is 0 Å². The summed E-state index contributed by atoms with van der Waals surface area (Å²) in [7, 11) is 0. The van der Waals surface area contributed by atoms with Gasteiger partial charge in [-0.25, -0.2) is 0 Å². The number of hydrogen-bond donors (Lipinski definition) is 1. The Hall–Kier alpha value is -0.120. The maximum Gasteiger partial charge on any atom is 0.0620 e. The van der Waals surface area contributed by atoms with Crippen LogP contribution in [0.2, 0.25) is 0 Å². The maximum atomic E-state index is 5.36. The van der Waals surface area contributed by atoms with Crippen molar-refractivity contribution in [3.63, 3.8) is 0 Å². The first-order valence-corrected chi connectivity index (χ1v) is 6.42. The van der Waals surface area contributed by atoms with Gasteiger partial charge in [0.05, 0.1) is 6.61 Å². The van der Waals surface area contributed by atoms with Gasteiger partial charge in [-0.1, -0.05) is 6.92 Å². The molecule has 2 aliphatic heterocycles. The Labute approximate surface area is 93.2 Å². The van der Waals surface area contributed by atoms with E-state index >= 15 is 0 Å². The van der Waals surface area contributed by atoms with Crippen LogP contribution in [0.1, 0.15) is 26.2 Å². The zero-order chi connectivity index (χ0) is 10.5. The van der Waals surface area contributed by atoms with E-state index in [0.717, 1.165) is 19.1 Å². The quantitative estimate of drug-likeness (QED) is 0.738. The first-order chi connectivity index (χ1) is 7.38. The fraction of sp³-hybridized carbons (Fsp3) is 1.00. The molecule has 0 amide bonds. The number of hydrogen-bond acceptors (Lipinski definition) is 3. The molecule has 0 spiro atoms. The third-order valence-corrected chi connectivity index (χ3v) is 3.53. The third kappa shape index (κ3) is 3.44. The van der Waals surface area contributed by atoms with E-state index in [1.165, 1.54) is 45.4 Å². The van der Waals surface area contributed by atoms with Crippen molar-refractivity contribution < 1.29 is 4.74 Å². The Bertz CT molecular complexity index is 180. The summed E-state index contributed by atoms with van der Waals surface area (Å²) in [5.74, 6) is 0.872. The molecular weight excluding hydrogens is 188 g/mol. The van der Waals surface area contributed by atoms with Crippen molar-refractivity contribution in [1.82, 2.24) is 10.2 Å². The van der Waals surface area contributed by atoms with Crippen LogP contribution in [0.15, 0.2) is 0 Å². The molecule has 0 aromatic rings. The third-order valence-electron chi connectivity index (χ3n) is 3.53. The van der Waals surface area contributed by atoms with Crippen molar-refractivity contribution in [2.24, 2.45) is 5.92 Å². The Morgan fingerprint density at radius 2 is 2.33 bits per heavy atom. The van der Waals surface area contributed by atoms with E-state index in [-0.39, 0.29) is 0 Å². The van der Waals surface area contributed by atoms with E-state index in [4.69, 9.17) is 4.74 Å². The summed E-state index contributed by atoms with van der Waals surface area (Å²) in [4.78, 5) is 2.59. The molecule has 2 unspecified atom stereocenters. The smallest absolute Gasteiger partial charge is 0.0620 e. The van der Waals surface area contributed by atoms with Gasteiger partial charge in [0.25, 0.3) is 0 Å². The molecule has 2 aliphatic rings. The number of nitrogens with one attached hydrogen (secondary N) is 1. The van der Waals surface area contributed by atoms with Gasteiger partial charge in [0.2, 0.25) is 0 Å². The summed E-state index contributed by atoms with van der Waals surface area (Å²) < 4.78 is 5.36. The van der Waals surface area contributed by atoms with Crippen LogP contribution in [0.25, 0.3) is 0 Å². The van der Waals surface area contributed by atoms with Crippen LogP contribution >= 0.6 is 0 Å². The predicted octanol–water partition coefficient (Wildman–Crippen LogP) is 1.10. The van der Waals surface area contributed by atoms with E-state index in [9.17, 15) is 0 Å². The zero-order valence-corrected chi connectivity index (χ0v) is 9.87. The molecule has 0 saturated carbocycles. The number of nitrogens with zero attached hydrogens (tertiary/aromatic N) is 1. The lowest BCUT2D eigenvalue weighted by Crippen LogP contribution is -2.34. The fourth-order valence-corrected chi connectivity index (χ4v) is 2.63. The molecule has 2 atom stereocenters. The van der Waals surface area contributed by atoms with Crippen LogP contribution in [0.5, 0.6) is 0 Å². The van der Waals surface area contributed by atoms with Gasteiger partial charge in [-0.3, -0.25) is 0 Å². The molecule has 2 fully saturated rings. The van der Waals surface area contributed by atoms with E-state index in [0.29, 0.717) is 6.04 Å². The molecule has 3 heteroatoms. The summed E-state index contributed by atoms with van der Waals surface area (Å²) in [6.07, 6.45) is 3.86. The summed E-state index contributed by atoms with van der Waals surface area (Å²) in [6.45, 7) is 9.21. The van der Waals surface area contributed by atoms with Crippen molar-refractivity contribution in [2.45, 2.75) is 32.2 Å². The van der Waals surface area contributed by atoms with Gasteiger partial charge >= 0.3 is 0 Å². The van der Waals surface area contributed by atoms with Gasteiger partial charge in [-0.05, 0) is 44.8 Å². The minimum absolute atomic E-state index is 0.630. The fourth-order valence-electron chi connectivity index (χ4n) is 2.63. The Kier molecular flexibility index (Phi) is 4.42. The van der Waals surface area contributed by atoms with Gasteiger partial charge in [0.1, 0.15) is 0 Å². The number of likely N-dealkylation sites (tertiary alicyclic amines) is 1. The second kappa shape index (κ2) is 5.83. The maximum absolute atomic E-state index is 5.36. The first kappa shape index (κ1) is 11.4. The van der Waals surface area contributed by atoms with E-state index in [1.54, 1.807) is 0 Å². The molecule has 2 saturated heterocycles. The van der Waals surface area contributed by atoms with Gasteiger partial charge < -0.3 is 15.0 Å². The van der Waals surface area contributed by atoms with Crippen LogP contribution in [0, 0.1) is 5.92 Å². The van der Waals surface area contributed by atoms with Crippen LogP contribution < -0.4 is 5.32 Å². The monoisotopic (exact) mass is 212 g/mol. The molecule has 2 heterocycles. The normalized spacial score (nSPS) is 32.6. The molecule has 0 aliphatic carbocycles. The highest BCUT2D eigenvalue weighted by molar-refractivity contribution is 4.79. The molecule has 2 rings (SSSR count). The van der Waals surface area contributed by atoms with Crippen molar-refractivity contribution in [1.29, 1.82) is 0 Å². The average Bonchev–Trinajstić information content (AvgIpc) is 2.85. The lowest BCUT2D eigenvalue weighted by Gasteiger charge is -2.16. The van der Waals surface area contributed by atoms with E-state index in [2.05, 4.69) is 17.1 Å². The number of rotatable bonds is 5. The van der Waals surface area contributed by atoms with Gasteiger partial charge in [-0.15, -0.1) is 0 Å². The number of ether oxygens (including phenoxy) is 1. The highest BCUT2D eigenvalue weighted by atomic mass is 16.5. The Morgan fingerprint density at radius 3 is 3.07 bits per heavy atom. The summed E-state index contributed by atoms with van der Waals surface area (Å²) in [6, 6.07) is 0.630. The summed E-state index contributed by atoms with van der Waals surface area (Å²) in [5, 5.41) is 3.63. The molecule has 15 heavy (non-hydrogen) atoms. The minimum atomic E-state index is 0.630. The van der Waals surface area contributed by atoms with Crippen LogP contribution in [-0.4, -0.2) is 50.3 Å². The lowest BCUT2D eigenvalue weighted by atomic mass is 10.1.